The van der Waals surface area contributed by atoms with Crippen molar-refractivity contribution >= 4 is 46.7 Å². The minimum atomic E-state index is -0.691. The van der Waals surface area contributed by atoms with Crippen LogP contribution >= 0.6 is 11.6 Å². The molecule has 1 aliphatic rings. The van der Waals surface area contributed by atoms with Crippen molar-refractivity contribution in [3.05, 3.63) is 70.4 Å². The number of nitrogens with one attached hydrogen (secondary N) is 1. The second-order valence-corrected chi connectivity index (χ2v) is 7.12. The van der Waals surface area contributed by atoms with E-state index in [2.05, 4.69) is 5.32 Å². The number of hydrogen-bond donors (Lipinski definition) is 1. The molecule has 0 bridgehead atoms. The maximum absolute atomic E-state index is 12.9. The fraction of sp³-hybridized carbons (Fsp3) is 0.217. The van der Waals surface area contributed by atoms with E-state index in [-0.39, 0.29) is 23.0 Å². The highest BCUT2D eigenvalue weighted by molar-refractivity contribution is 6.53. The van der Waals surface area contributed by atoms with Crippen LogP contribution in [0, 0.1) is 0 Å². The fourth-order valence-corrected chi connectivity index (χ4v) is 3.13. The lowest BCUT2D eigenvalue weighted by Gasteiger charge is -2.15. The first-order valence-electron chi connectivity index (χ1n) is 9.97. The van der Waals surface area contributed by atoms with Crippen molar-refractivity contribution in [1.82, 2.24) is 0 Å². The minimum Gasteiger partial charge on any atom is -0.462 e. The van der Waals surface area contributed by atoms with Crippen LogP contribution in [-0.4, -0.2) is 37.0 Å². The van der Waals surface area contributed by atoms with Gasteiger partial charge in [-0.25, -0.2) is 14.5 Å². The molecule has 0 saturated heterocycles. The number of halogens is 1. The normalized spacial score (nSPS) is 13.4. The lowest BCUT2D eigenvalue weighted by molar-refractivity contribution is -0.120. The average Bonchev–Trinajstić information content (AvgIpc) is 3.01. The molecule has 2 amide bonds. The first kappa shape index (κ1) is 23.0. The number of benzene rings is 2. The third kappa shape index (κ3) is 4.81. The lowest BCUT2D eigenvalue weighted by atomic mass is 10.2. The smallest absolute Gasteiger partial charge is 0.338 e. The van der Waals surface area contributed by atoms with Crippen LogP contribution in [0.5, 0.6) is 0 Å². The summed E-state index contributed by atoms with van der Waals surface area (Å²) < 4.78 is 10.00. The van der Waals surface area contributed by atoms with Gasteiger partial charge in [-0.15, -0.1) is 0 Å². The van der Waals surface area contributed by atoms with Crippen molar-refractivity contribution in [2.75, 3.05) is 23.4 Å². The van der Waals surface area contributed by atoms with E-state index in [1.165, 1.54) is 36.4 Å². The van der Waals surface area contributed by atoms with Crippen molar-refractivity contribution in [1.29, 1.82) is 0 Å². The molecule has 1 N–H and O–H groups in total. The summed E-state index contributed by atoms with van der Waals surface area (Å²) in [4.78, 5) is 50.1. The minimum absolute atomic E-state index is 0.0908. The molecule has 0 atom stereocenters. The fourth-order valence-electron chi connectivity index (χ4n) is 2.92. The summed E-state index contributed by atoms with van der Waals surface area (Å²) in [5.41, 5.74) is 1.29. The molecule has 1 aliphatic heterocycles. The maximum atomic E-state index is 12.9. The number of ether oxygens (including phenoxy) is 2. The molecular weight excluding hydrogens is 436 g/mol. The number of nitrogens with zero attached hydrogens (tertiary/aromatic N) is 1. The highest BCUT2D eigenvalue weighted by atomic mass is 35.5. The Balaban J connectivity index is 1.74. The molecule has 0 unspecified atom stereocenters. The van der Waals surface area contributed by atoms with E-state index in [4.69, 9.17) is 21.1 Å². The molecule has 0 spiro atoms. The number of rotatable bonds is 8. The van der Waals surface area contributed by atoms with Crippen LogP contribution in [0.2, 0.25) is 0 Å². The zero-order valence-corrected chi connectivity index (χ0v) is 18.3. The summed E-state index contributed by atoms with van der Waals surface area (Å²) in [7, 11) is 0. The molecule has 0 aromatic heterocycles. The molecule has 9 heteroatoms. The van der Waals surface area contributed by atoms with E-state index < -0.39 is 23.8 Å². The zero-order chi connectivity index (χ0) is 23.3. The third-order valence-corrected chi connectivity index (χ3v) is 4.84. The van der Waals surface area contributed by atoms with Gasteiger partial charge < -0.3 is 14.8 Å². The predicted molar refractivity (Wildman–Crippen MR) is 118 cm³/mol. The number of carbonyl (C=O) groups is 4. The number of hydrogen-bond acceptors (Lipinski definition) is 7. The van der Waals surface area contributed by atoms with Crippen LogP contribution in [0.15, 0.2) is 59.3 Å². The van der Waals surface area contributed by atoms with Gasteiger partial charge >= 0.3 is 11.9 Å². The second kappa shape index (κ2) is 10.1. The standard InChI is InChI=1S/C23H21ClN2O6/c1-3-13-32-23(30)15-7-11-17(12-8-15)26-20(27)18(24)19(21(26)28)25-16-9-5-14(6-10-16)22(29)31-4-2/h5-12,25H,3-4,13H2,1-2H3. The number of anilines is 2. The van der Waals surface area contributed by atoms with Crippen LogP contribution in [0.3, 0.4) is 0 Å². The predicted octanol–water partition coefficient (Wildman–Crippen LogP) is 3.87. The van der Waals surface area contributed by atoms with Crippen molar-refractivity contribution in [2.45, 2.75) is 20.3 Å². The van der Waals surface area contributed by atoms with Gasteiger partial charge in [-0.2, -0.15) is 0 Å². The Labute approximate surface area is 189 Å². The van der Waals surface area contributed by atoms with Gasteiger partial charge in [-0.3, -0.25) is 9.59 Å². The molecule has 2 aromatic rings. The molecule has 0 fully saturated rings. The second-order valence-electron chi connectivity index (χ2n) is 6.74. The van der Waals surface area contributed by atoms with Gasteiger partial charge in [-0.05, 0) is 61.9 Å². The molecule has 0 saturated carbocycles. The molecule has 2 aromatic carbocycles. The van der Waals surface area contributed by atoms with Crippen molar-refractivity contribution in [3.63, 3.8) is 0 Å². The van der Waals surface area contributed by atoms with Crippen LogP contribution < -0.4 is 10.2 Å². The Bertz CT molecular complexity index is 1080. The van der Waals surface area contributed by atoms with E-state index >= 15 is 0 Å². The van der Waals surface area contributed by atoms with Crippen LogP contribution in [0.4, 0.5) is 11.4 Å². The Kier molecular flexibility index (Phi) is 7.27. The Morgan fingerprint density at radius 3 is 2.00 bits per heavy atom. The van der Waals surface area contributed by atoms with Gasteiger partial charge in [0.05, 0.1) is 30.0 Å². The first-order valence-corrected chi connectivity index (χ1v) is 10.3. The van der Waals surface area contributed by atoms with E-state index in [0.717, 1.165) is 4.90 Å². The van der Waals surface area contributed by atoms with Gasteiger partial charge in [0.25, 0.3) is 11.8 Å². The van der Waals surface area contributed by atoms with E-state index in [0.29, 0.717) is 29.8 Å². The van der Waals surface area contributed by atoms with Gasteiger partial charge in [0.1, 0.15) is 10.7 Å². The highest BCUT2D eigenvalue weighted by Crippen LogP contribution is 2.30. The topological polar surface area (TPSA) is 102 Å². The van der Waals surface area contributed by atoms with Crippen LogP contribution in [0.25, 0.3) is 0 Å². The number of amides is 2. The monoisotopic (exact) mass is 456 g/mol. The van der Waals surface area contributed by atoms with Crippen molar-refractivity contribution < 1.29 is 28.7 Å². The number of carbonyl (C=O) groups excluding carboxylic acids is 4. The summed E-state index contributed by atoms with van der Waals surface area (Å²) in [6.45, 7) is 4.16. The first-order chi connectivity index (χ1) is 15.4. The van der Waals surface area contributed by atoms with Crippen LogP contribution in [-0.2, 0) is 19.1 Å². The molecule has 1 heterocycles. The van der Waals surface area contributed by atoms with Gasteiger partial charge in [0, 0.05) is 5.69 Å². The van der Waals surface area contributed by atoms with E-state index in [9.17, 15) is 19.2 Å². The molecule has 0 aliphatic carbocycles. The maximum Gasteiger partial charge on any atom is 0.338 e. The summed E-state index contributed by atoms with van der Waals surface area (Å²) in [6.07, 6.45) is 0.700. The Hall–Kier alpha value is -3.65. The Morgan fingerprint density at radius 2 is 1.44 bits per heavy atom. The van der Waals surface area contributed by atoms with E-state index in [1.807, 2.05) is 6.92 Å². The quantitative estimate of drug-likeness (QED) is 0.475. The number of esters is 2. The molecular formula is C23H21ClN2O6. The number of imide groups is 1. The highest BCUT2D eigenvalue weighted by Gasteiger charge is 2.39. The molecule has 8 nitrogen and oxygen atoms in total. The SMILES string of the molecule is CCCOC(=O)c1ccc(N2C(=O)C(Cl)=C(Nc3ccc(C(=O)OCC)cc3)C2=O)cc1. The summed E-state index contributed by atoms with van der Waals surface area (Å²) in [5, 5.41) is 2.56. The largest absolute Gasteiger partial charge is 0.462 e. The summed E-state index contributed by atoms with van der Waals surface area (Å²) in [6, 6.07) is 12.1. The molecule has 32 heavy (non-hydrogen) atoms. The molecule has 0 radical (unpaired) electrons. The van der Waals surface area contributed by atoms with Crippen molar-refractivity contribution in [3.8, 4) is 0 Å². The van der Waals surface area contributed by atoms with Gasteiger partial charge in [0.2, 0.25) is 0 Å². The van der Waals surface area contributed by atoms with E-state index in [1.54, 1.807) is 19.1 Å². The average molecular weight is 457 g/mol. The van der Waals surface area contributed by atoms with Crippen LogP contribution in [0.1, 0.15) is 41.0 Å². The van der Waals surface area contributed by atoms with Gasteiger partial charge in [-0.1, -0.05) is 18.5 Å². The molecule has 3 rings (SSSR count). The lowest BCUT2D eigenvalue weighted by Crippen LogP contribution is -2.32. The summed E-state index contributed by atoms with van der Waals surface area (Å²) in [5.74, 6) is -2.28. The third-order valence-electron chi connectivity index (χ3n) is 4.49. The zero-order valence-electron chi connectivity index (χ0n) is 17.5. The van der Waals surface area contributed by atoms with Gasteiger partial charge in [0.15, 0.2) is 0 Å². The van der Waals surface area contributed by atoms with Crippen molar-refractivity contribution in [2.24, 2.45) is 0 Å². The Morgan fingerprint density at radius 1 is 0.875 bits per heavy atom. The summed E-state index contributed by atoms with van der Waals surface area (Å²) >= 11 is 6.14. The molecule has 166 valence electrons.